The Morgan fingerprint density at radius 2 is 1.25 bits per heavy atom. The van der Waals surface area contributed by atoms with E-state index in [0.717, 1.165) is 78.7 Å². The van der Waals surface area contributed by atoms with Gasteiger partial charge in [-0.2, -0.15) is 11.8 Å². The first-order chi connectivity index (χ1) is 28.4. The van der Waals surface area contributed by atoms with Gasteiger partial charge in [0.15, 0.2) is 6.29 Å². The van der Waals surface area contributed by atoms with E-state index in [1.54, 1.807) is 11.8 Å². The van der Waals surface area contributed by atoms with Gasteiger partial charge in [0.25, 0.3) is 0 Å². The maximum Gasteiger partial charge on any atom is 0.197 e. The van der Waals surface area contributed by atoms with Crippen molar-refractivity contribution in [2.75, 3.05) is 24.4 Å². The smallest absolute Gasteiger partial charge is 0.197 e. The Bertz CT molecular complexity index is 1090. The molecule has 1 aliphatic rings. The van der Waals surface area contributed by atoms with Crippen LogP contribution in [0.25, 0.3) is 0 Å². The summed E-state index contributed by atoms with van der Waals surface area (Å²) in [6, 6.07) is 4.16. The Kier molecular flexibility index (Phi) is 39.6. The summed E-state index contributed by atoms with van der Waals surface area (Å²) in [7, 11) is 0. The zero-order chi connectivity index (χ0) is 44.0. The number of ether oxygens (including phenoxy) is 2. The minimum Gasteiger partial charge on any atom is -0.487 e. The van der Waals surface area contributed by atoms with Crippen LogP contribution >= 0.6 is 27.7 Å². The van der Waals surface area contributed by atoms with Gasteiger partial charge in [-0.3, -0.25) is 0 Å². The lowest BCUT2D eigenvalue weighted by Crippen LogP contribution is -2.36. The van der Waals surface area contributed by atoms with Crippen LogP contribution in [0.2, 0.25) is 0 Å². The van der Waals surface area contributed by atoms with Crippen LogP contribution in [0.1, 0.15) is 232 Å². The number of aliphatic hydroxyl groups excluding tert-OH is 2. The Morgan fingerprint density at radius 1 is 0.729 bits per heavy atom. The van der Waals surface area contributed by atoms with Gasteiger partial charge in [0.1, 0.15) is 17.1 Å². The van der Waals surface area contributed by atoms with Crippen LogP contribution in [0.3, 0.4) is 0 Å². The van der Waals surface area contributed by atoms with Gasteiger partial charge in [0.05, 0.1) is 0 Å². The van der Waals surface area contributed by atoms with Crippen LogP contribution in [0.4, 0.5) is 0 Å². The molecule has 2 N–H and O–H groups in total. The number of benzene rings is 1. The molecule has 0 radical (unpaired) electrons. The molecule has 1 heterocycles. The van der Waals surface area contributed by atoms with Gasteiger partial charge in [-0.1, -0.05) is 172 Å². The molecular formula is C53H99BrO4S. The van der Waals surface area contributed by atoms with Crippen LogP contribution < -0.4 is 9.47 Å². The molecule has 0 saturated carbocycles. The third-order valence-electron chi connectivity index (χ3n) is 11.9. The van der Waals surface area contributed by atoms with E-state index >= 15 is 0 Å². The highest BCUT2D eigenvalue weighted by atomic mass is 79.9. The Hall–Kier alpha value is -0.690. The summed E-state index contributed by atoms with van der Waals surface area (Å²) >= 11 is 5.09. The number of alkyl halides is 1. The van der Waals surface area contributed by atoms with Gasteiger partial charge in [-0.05, 0) is 138 Å². The molecule has 0 fully saturated rings. The van der Waals surface area contributed by atoms with Crippen molar-refractivity contribution in [3.63, 3.8) is 0 Å². The maximum absolute atomic E-state index is 10.6. The molecule has 59 heavy (non-hydrogen) atoms. The average Bonchev–Trinajstić information content (AvgIpc) is 3.19. The monoisotopic (exact) mass is 911 g/mol. The minimum atomic E-state index is -0.739. The van der Waals surface area contributed by atoms with Crippen molar-refractivity contribution in [3.8, 4) is 11.5 Å². The quantitative estimate of drug-likeness (QED) is 0.0312. The van der Waals surface area contributed by atoms with E-state index in [0.29, 0.717) is 13.0 Å². The third kappa shape index (κ3) is 34.5. The van der Waals surface area contributed by atoms with Gasteiger partial charge in [-0.25, -0.2) is 0 Å². The molecule has 0 bridgehead atoms. The zero-order valence-corrected chi connectivity index (χ0v) is 42.9. The van der Waals surface area contributed by atoms with Crippen molar-refractivity contribution in [3.05, 3.63) is 35.4 Å². The fourth-order valence-electron chi connectivity index (χ4n) is 8.05. The molecule has 4 atom stereocenters. The van der Waals surface area contributed by atoms with E-state index in [1.165, 1.54) is 147 Å². The van der Waals surface area contributed by atoms with Crippen molar-refractivity contribution in [2.24, 2.45) is 17.8 Å². The lowest BCUT2D eigenvalue weighted by atomic mass is 9.85. The number of hydrogen-bond acceptors (Lipinski definition) is 5. The number of allylic oxidation sites excluding steroid dienone is 2. The van der Waals surface area contributed by atoms with Gasteiger partial charge in [0.2, 0.25) is 0 Å². The summed E-state index contributed by atoms with van der Waals surface area (Å²) in [5.41, 5.74) is 2.26. The maximum atomic E-state index is 10.6. The first kappa shape index (κ1) is 58.3. The highest BCUT2D eigenvalue weighted by Crippen LogP contribution is 2.41. The van der Waals surface area contributed by atoms with Crippen LogP contribution in [0, 0.1) is 24.7 Å². The Labute approximate surface area is 381 Å². The van der Waals surface area contributed by atoms with E-state index in [1.807, 2.05) is 12.5 Å². The molecule has 0 aromatic heterocycles. The number of halogens is 1. The fraction of sp³-hybridized carbons (Fsp3) is 0.849. The molecular weight excluding hydrogens is 813 g/mol. The van der Waals surface area contributed by atoms with Crippen molar-refractivity contribution in [1.29, 1.82) is 0 Å². The lowest BCUT2D eigenvalue weighted by molar-refractivity contribution is -0.0249. The molecule has 348 valence electrons. The van der Waals surface area contributed by atoms with Gasteiger partial charge < -0.3 is 19.7 Å². The standard InChI is InChI=1S/C45H80O3.C6H13BrO.C2H6S/c1-8-9-10-11-12-13-14-15-16-17-18-19-20-21-22-31-43(46)47-42-35-40(6)44-41(36-42)32-34-45(7,48-44)33-25-30-39(5)29-24-28-38(4)27-23-26-37(2)3;7-5-3-1-2-4-6-8;1-3-2/h15-16,35-39,43,46H,8-14,17-34H2,1-7H3;8H,1-6H2;1-2H3/b16-15-;;. The summed E-state index contributed by atoms with van der Waals surface area (Å²) in [4.78, 5) is 0. The van der Waals surface area contributed by atoms with E-state index in [4.69, 9.17) is 14.6 Å². The van der Waals surface area contributed by atoms with Crippen molar-refractivity contribution in [2.45, 2.75) is 247 Å². The largest absolute Gasteiger partial charge is 0.487 e. The summed E-state index contributed by atoms with van der Waals surface area (Å²) in [5, 5.41) is 20.0. The van der Waals surface area contributed by atoms with Gasteiger partial charge in [0, 0.05) is 18.4 Å². The highest BCUT2D eigenvalue weighted by Gasteiger charge is 2.32. The molecule has 0 amide bonds. The second-order valence-electron chi connectivity index (χ2n) is 18.8. The molecule has 1 aromatic carbocycles. The summed E-state index contributed by atoms with van der Waals surface area (Å²) in [6.07, 6.45) is 44.1. The first-order valence-corrected chi connectivity index (χ1v) is 27.6. The first-order valence-electron chi connectivity index (χ1n) is 24.8. The highest BCUT2D eigenvalue weighted by molar-refractivity contribution is 9.09. The van der Waals surface area contributed by atoms with E-state index < -0.39 is 6.29 Å². The predicted octanol–water partition coefficient (Wildman–Crippen LogP) is 17.2. The average molecular weight is 912 g/mol. The topological polar surface area (TPSA) is 58.9 Å². The molecule has 2 rings (SSSR count). The zero-order valence-electron chi connectivity index (χ0n) is 40.5. The summed E-state index contributed by atoms with van der Waals surface area (Å²) in [6.45, 7) is 16.6. The van der Waals surface area contributed by atoms with Gasteiger partial charge >= 0.3 is 0 Å². The summed E-state index contributed by atoms with van der Waals surface area (Å²) in [5.74, 6) is 4.34. The number of hydrogen-bond donors (Lipinski definition) is 2. The van der Waals surface area contributed by atoms with Crippen molar-refractivity contribution in [1.82, 2.24) is 0 Å². The number of fused-ring (bicyclic) bond motifs is 1. The molecule has 0 aliphatic carbocycles. The molecule has 1 aromatic rings. The van der Waals surface area contributed by atoms with Crippen LogP contribution in [0.5, 0.6) is 11.5 Å². The Balaban J connectivity index is 0.00000268. The molecule has 6 heteroatoms. The fourth-order valence-corrected chi connectivity index (χ4v) is 8.45. The third-order valence-corrected chi connectivity index (χ3v) is 12.5. The van der Waals surface area contributed by atoms with Crippen LogP contribution in [-0.2, 0) is 6.42 Å². The van der Waals surface area contributed by atoms with E-state index in [9.17, 15) is 5.11 Å². The van der Waals surface area contributed by atoms with Crippen molar-refractivity contribution < 1.29 is 19.7 Å². The number of unbranched alkanes of at least 4 members (excludes halogenated alkanes) is 14. The van der Waals surface area contributed by atoms with E-state index in [-0.39, 0.29) is 5.60 Å². The Morgan fingerprint density at radius 3 is 1.83 bits per heavy atom. The van der Waals surface area contributed by atoms with Gasteiger partial charge in [-0.15, -0.1) is 0 Å². The SMILES string of the molecule is CCCCCCCC/C=C\CCCCCCCC(O)Oc1cc(C)c2c(c1)CCC(C)(CCCC(C)CCCC(C)CCCC(C)C)O2.CSC.OCCCCCCBr. The molecule has 1 aliphatic heterocycles. The molecule has 4 nitrogen and oxygen atoms in total. The van der Waals surface area contributed by atoms with Crippen molar-refractivity contribution >= 4 is 27.7 Å². The minimum absolute atomic E-state index is 0.0892. The van der Waals surface area contributed by atoms with Crippen LogP contribution in [0.15, 0.2) is 24.3 Å². The van der Waals surface area contributed by atoms with Crippen LogP contribution in [-0.4, -0.2) is 46.6 Å². The number of aryl methyl sites for hydroxylation is 2. The second kappa shape index (κ2) is 40.1. The lowest BCUT2D eigenvalue weighted by Gasteiger charge is -2.37. The summed E-state index contributed by atoms with van der Waals surface area (Å²) < 4.78 is 12.7. The molecule has 0 spiro atoms. The second-order valence-corrected chi connectivity index (χ2v) is 20.4. The van der Waals surface area contributed by atoms with E-state index in [2.05, 4.69) is 88.7 Å². The number of aliphatic hydroxyl groups is 2. The number of thioether (sulfide) groups is 1. The number of rotatable bonds is 34. The predicted molar refractivity (Wildman–Crippen MR) is 268 cm³/mol. The molecule has 4 unspecified atom stereocenters. The molecule has 0 saturated heterocycles. The normalized spacial score (nSPS) is 16.4.